The number of benzene rings is 2. The fourth-order valence-electron chi connectivity index (χ4n) is 3.48. The Balaban J connectivity index is 1.32. The molecule has 1 aromatic heterocycles. The Bertz CT molecular complexity index is 998. The zero-order valence-corrected chi connectivity index (χ0v) is 17.5. The third kappa shape index (κ3) is 4.87. The average Bonchev–Trinajstić information content (AvgIpc) is 3.23. The van der Waals surface area contributed by atoms with E-state index in [0.717, 1.165) is 24.2 Å². The normalized spacial score (nSPS) is 14.8. The van der Waals surface area contributed by atoms with Crippen LogP contribution in [0.5, 0.6) is 0 Å². The molecule has 0 radical (unpaired) electrons. The maximum absolute atomic E-state index is 12.8. The molecule has 0 N–H and O–H groups in total. The predicted molar refractivity (Wildman–Crippen MR) is 113 cm³/mol. The van der Waals surface area contributed by atoms with Crippen LogP contribution in [0.1, 0.15) is 21.8 Å². The van der Waals surface area contributed by atoms with Crippen LogP contribution >= 0.6 is 11.6 Å². The molecule has 7 nitrogen and oxygen atoms in total. The van der Waals surface area contributed by atoms with Gasteiger partial charge in [0.15, 0.2) is 0 Å². The summed E-state index contributed by atoms with van der Waals surface area (Å²) in [6.07, 6.45) is 0. The Morgan fingerprint density at radius 1 is 1.13 bits per heavy atom. The topological polar surface area (TPSA) is 71.7 Å². The number of piperazine rings is 1. The van der Waals surface area contributed by atoms with Gasteiger partial charge in [0.05, 0.1) is 13.2 Å². The maximum atomic E-state index is 12.8. The fourth-order valence-corrected chi connectivity index (χ4v) is 3.61. The first-order valence-electron chi connectivity index (χ1n) is 9.80. The van der Waals surface area contributed by atoms with E-state index in [1.54, 1.807) is 19.2 Å². The first kappa shape index (κ1) is 20.5. The maximum Gasteiger partial charge on any atom is 0.253 e. The molecule has 30 heavy (non-hydrogen) atoms. The van der Waals surface area contributed by atoms with Gasteiger partial charge in [-0.1, -0.05) is 28.9 Å². The van der Waals surface area contributed by atoms with Crippen molar-refractivity contribution >= 4 is 17.5 Å². The molecule has 3 aromatic rings. The summed E-state index contributed by atoms with van der Waals surface area (Å²) in [7, 11) is 1.65. The molecule has 0 saturated carbocycles. The Morgan fingerprint density at radius 3 is 2.63 bits per heavy atom. The molecule has 1 saturated heterocycles. The highest BCUT2D eigenvalue weighted by molar-refractivity contribution is 6.30. The first-order chi connectivity index (χ1) is 14.6. The third-order valence-corrected chi connectivity index (χ3v) is 5.33. The van der Waals surface area contributed by atoms with Crippen LogP contribution < -0.4 is 0 Å². The summed E-state index contributed by atoms with van der Waals surface area (Å²) >= 11 is 5.92. The Labute approximate surface area is 180 Å². The number of hydrogen-bond donors (Lipinski definition) is 0. The van der Waals surface area contributed by atoms with Crippen LogP contribution in [-0.2, 0) is 17.9 Å². The van der Waals surface area contributed by atoms with Crippen LogP contribution in [-0.4, -0.2) is 59.1 Å². The zero-order chi connectivity index (χ0) is 20.9. The monoisotopic (exact) mass is 426 g/mol. The minimum Gasteiger partial charge on any atom is -0.380 e. The van der Waals surface area contributed by atoms with Gasteiger partial charge in [0, 0.05) is 49.4 Å². The van der Waals surface area contributed by atoms with Crippen LogP contribution in [0.2, 0.25) is 5.02 Å². The van der Waals surface area contributed by atoms with Crippen molar-refractivity contribution in [3.63, 3.8) is 0 Å². The Morgan fingerprint density at radius 2 is 1.90 bits per heavy atom. The summed E-state index contributed by atoms with van der Waals surface area (Å²) in [4.78, 5) is 21.4. The Hall–Kier alpha value is -2.74. The highest BCUT2D eigenvalue weighted by atomic mass is 35.5. The number of hydrogen-bond acceptors (Lipinski definition) is 6. The Kier molecular flexibility index (Phi) is 6.42. The molecule has 1 amide bonds. The third-order valence-electron chi connectivity index (χ3n) is 5.07. The number of methoxy groups -OCH3 is 1. The van der Waals surface area contributed by atoms with Crippen molar-refractivity contribution in [2.75, 3.05) is 33.3 Å². The van der Waals surface area contributed by atoms with Crippen LogP contribution in [0.15, 0.2) is 53.1 Å². The van der Waals surface area contributed by atoms with Gasteiger partial charge in [0.25, 0.3) is 5.91 Å². The molecule has 0 unspecified atom stereocenters. The minimum absolute atomic E-state index is 0.0513. The van der Waals surface area contributed by atoms with E-state index in [4.69, 9.17) is 20.9 Å². The number of carbonyl (C=O) groups excluding carboxylic acids is 1. The minimum atomic E-state index is 0.0513. The van der Waals surface area contributed by atoms with E-state index in [2.05, 4.69) is 15.0 Å². The van der Waals surface area contributed by atoms with E-state index in [-0.39, 0.29) is 5.91 Å². The lowest BCUT2D eigenvalue weighted by Crippen LogP contribution is -2.48. The molecule has 156 valence electrons. The van der Waals surface area contributed by atoms with Crippen molar-refractivity contribution < 1.29 is 14.1 Å². The summed E-state index contributed by atoms with van der Waals surface area (Å²) in [5, 5.41) is 4.72. The van der Waals surface area contributed by atoms with Crippen molar-refractivity contribution in [3.8, 4) is 11.4 Å². The van der Waals surface area contributed by atoms with Gasteiger partial charge in [0.1, 0.15) is 0 Å². The summed E-state index contributed by atoms with van der Waals surface area (Å²) in [5.74, 6) is 1.16. The van der Waals surface area contributed by atoms with Crippen molar-refractivity contribution in [2.24, 2.45) is 0 Å². The second-order valence-corrected chi connectivity index (χ2v) is 7.66. The highest BCUT2D eigenvalue weighted by Crippen LogP contribution is 2.19. The second-order valence-electron chi connectivity index (χ2n) is 7.22. The molecule has 1 aliphatic heterocycles. The molecular formula is C22H23ClN4O3. The van der Waals surface area contributed by atoms with E-state index in [1.165, 1.54) is 0 Å². The summed E-state index contributed by atoms with van der Waals surface area (Å²) < 4.78 is 10.6. The molecule has 2 heterocycles. The number of halogens is 1. The second kappa shape index (κ2) is 9.38. The van der Waals surface area contributed by atoms with Gasteiger partial charge < -0.3 is 14.2 Å². The highest BCUT2D eigenvalue weighted by Gasteiger charge is 2.23. The lowest BCUT2D eigenvalue weighted by molar-refractivity contribution is 0.0615. The van der Waals surface area contributed by atoms with Crippen LogP contribution in [0.25, 0.3) is 11.4 Å². The molecule has 4 rings (SSSR count). The van der Waals surface area contributed by atoms with Gasteiger partial charge in [-0.3, -0.25) is 9.69 Å². The SMILES string of the molecule is COCc1cccc(C(=O)N2CCN(Cc3nc(-c4ccc(Cl)cc4)no3)CC2)c1. The fraction of sp³-hybridized carbons (Fsp3) is 0.318. The van der Waals surface area contributed by atoms with E-state index >= 15 is 0 Å². The van der Waals surface area contributed by atoms with Crippen molar-refractivity contribution in [3.05, 3.63) is 70.6 Å². The van der Waals surface area contributed by atoms with Crippen molar-refractivity contribution in [1.29, 1.82) is 0 Å². The lowest BCUT2D eigenvalue weighted by Gasteiger charge is -2.34. The lowest BCUT2D eigenvalue weighted by atomic mass is 10.1. The van der Waals surface area contributed by atoms with E-state index < -0.39 is 0 Å². The molecule has 0 spiro atoms. The van der Waals surface area contributed by atoms with E-state index in [0.29, 0.717) is 48.5 Å². The van der Waals surface area contributed by atoms with Gasteiger partial charge in [-0.15, -0.1) is 0 Å². The summed E-state index contributed by atoms with van der Waals surface area (Å²) in [6.45, 7) is 3.88. The molecule has 0 bridgehead atoms. The molecule has 1 aliphatic rings. The van der Waals surface area contributed by atoms with Gasteiger partial charge in [0.2, 0.25) is 11.7 Å². The number of amides is 1. The van der Waals surface area contributed by atoms with Gasteiger partial charge >= 0.3 is 0 Å². The number of nitrogens with zero attached hydrogens (tertiary/aromatic N) is 4. The quantitative estimate of drug-likeness (QED) is 0.600. The van der Waals surface area contributed by atoms with Crippen LogP contribution in [0.3, 0.4) is 0 Å². The van der Waals surface area contributed by atoms with Crippen LogP contribution in [0.4, 0.5) is 0 Å². The molecule has 8 heteroatoms. The molecule has 2 aromatic carbocycles. The number of ether oxygens (including phenoxy) is 1. The smallest absolute Gasteiger partial charge is 0.253 e. The first-order valence-corrected chi connectivity index (χ1v) is 10.2. The van der Waals surface area contributed by atoms with E-state index in [1.807, 2.05) is 41.3 Å². The van der Waals surface area contributed by atoms with Gasteiger partial charge in [-0.05, 0) is 42.0 Å². The predicted octanol–water partition coefficient (Wildman–Crippen LogP) is 3.49. The van der Waals surface area contributed by atoms with Gasteiger partial charge in [-0.2, -0.15) is 4.98 Å². The van der Waals surface area contributed by atoms with Crippen molar-refractivity contribution in [1.82, 2.24) is 19.9 Å². The standard InChI is InChI=1S/C22H23ClN4O3/c1-29-15-16-3-2-4-18(13-16)22(28)27-11-9-26(10-12-27)14-20-24-21(25-30-20)17-5-7-19(23)8-6-17/h2-8,13H,9-12,14-15H2,1H3. The molecule has 0 aliphatic carbocycles. The molecular weight excluding hydrogens is 404 g/mol. The van der Waals surface area contributed by atoms with Gasteiger partial charge in [-0.25, -0.2) is 0 Å². The molecule has 1 fully saturated rings. The summed E-state index contributed by atoms with van der Waals surface area (Å²) in [6, 6.07) is 14.9. The molecule has 0 atom stereocenters. The van der Waals surface area contributed by atoms with Crippen molar-refractivity contribution in [2.45, 2.75) is 13.2 Å². The zero-order valence-electron chi connectivity index (χ0n) is 16.8. The average molecular weight is 427 g/mol. The van der Waals surface area contributed by atoms with Crippen LogP contribution in [0, 0.1) is 0 Å². The number of rotatable bonds is 6. The number of aromatic nitrogens is 2. The summed E-state index contributed by atoms with van der Waals surface area (Å²) in [5.41, 5.74) is 2.55. The number of carbonyl (C=O) groups is 1. The van der Waals surface area contributed by atoms with E-state index in [9.17, 15) is 4.79 Å². The largest absolute Gasteiger partial charge is 0.380 e.